The highest BCUT2D eigenvalue weighted by Crippen LogP contribution is 2.17. The molecule has 0 aliphatic carbocycles. The maximum absolute atomic E-state index is 11.1. The molecule has 0 spiro atoms. The van der Waals surface area contributed by atoms with Crippen LogP contribution in [0.3, 0.4) is 0 Å². The molecule has 28 heavy (non-hydrogen) atoms. The van der Waals surface area contributed by atoms with E-state index in [9.17, 15) is 4.79 Å². The first-order chi connectivity index (χ1) is 13.7. The first-order valence-electron chi connectivity index (χ1n) is 9.02. The van der Waals surface area contributed by atoms with Gasteiger partial charge in [-0.25, -0.2) is 0 Å². The van der Waals surface area contributed by atoms with Crippen molar-refractivity contribution in [2.24, 2.45) is 0 Å². The van der Waals surface area contributed by atoms with Crippen molar-refractivity contribution in [2.45, 2.75) is 6.92 Å². The number of amides is 1. The Labute approximate surface area is 162 Å². The smallest absolute Gasteiger partial charge is 0.221 e. The van der Waals surface area contributed by atoms with Crippen molar-refractivity contribution in [3.8, 4) is 0 Å². The number of rotatable bonds is 5. The van der Waals surface area contributed by atoms with Crippen molar-refractivity contribution in [3.05, 3.63) is 83.3 Å². The van der Waals surface area contributed by atoms with Crippen molar-refractivity contribution in [1.29, 1.82) is 0 Å². The highest BCUT2D eigenvalue weighted by molar-refractivity contribution is 5.88. The van der Waals surface area contributed by atoms with Crippen LogP contribution < -0.4 is 5.32 Å². The monoisotopic (exact) mass is 368 g/mol. The van der Waals surface area contributed by atoms with E-state index in [2.05, 4.69) is 44.8 Å². The Morgan fingerprint density at radius 1 is 0.929 bits per heavy atom. The Bertz CT molecular complexity index is 1160. The van der Waals surface area contributed by atoms with Gasteiger partial charge in [0.2, 0.25) is 5.91 Å². The number of aromatic amines is 2. The molecule has 0 bridgehead atoms. The predicted octanol–water partition coefficient (Wildman–Crippen LogP) is 5.19. The molecule has 0 aliphatic heterocycles. The summed E-state index contributed by atoms with van der Waals surface area (Å²) in [6, 6.07) is 18.0. The van der Waals surface area contributed by atoms with Gasteiger partial charge >= 0.3 is 0 Å². The van der Waals surface area contributed by atoms with Gasteiger partial charge in [0.25, 0.3) is 0 Å². The van der Waals surface area contributed by atoms with Crippen molar-refractivity contribution >= 4 is 46.8 Å². The number of fused-ring (bicyclic) bond motifs is 1. The van der Waals surface area contributed by atoms with Crippen LogP contribution in [0, 0.1) is 0 Å². The summed E-state index contributed by atoms with van der Waals surface area (Å²) in [5.74, 6) is -0.0749. The van der Waals surface area contributed by atoms with Crippen LogP contribution >= 0.6 is 0 Å². The van der Waals surface area contributed by atoms with Crippen molar-refractivity contribution < 1.29 is 4.79 Å². The maximum Gasteiger partial charge on any atom is 0.221 e. The van der Waals surface area contributed by atoms with Crippen LogP contribution in [0.15, 0.2) is 60.8 Å². The van der Waals surface area contributed by atoms with Gasteiger partial charge in [0.1, 0.15) is 0 Å². The van der Waals surface area contributed by atoms with Gasteiger partial charge in [0.15, 0.2) is 0 Å². The lowest BCUT2D eigenvalue weighted by Gasteiger charge is -2.01. The molecule has 5 nitrogen and oxygen atoms in total. The Balaban J connectivity index is 1.42. The number of aromatic nitrogens is 3. The Morgan fingerprint density at radius 2 is 1.71 bits per heavy atom. The fourth-order valence-electron chi connectivity index (χ4n) is 2.94. The minimum atomic E-state index is -0.0749. The molecule has 1 amide bonds. The number of carbonyl (C=O) groups is 1. The molecule has 2 heterocycles. The molecule has 0 saturated heterocycles. The molecule has 2 aromatic heterocycles. The third-order valence-corrected chi connectivity index (χ3v) is 4.33. The molecule has 0 fully saturated rings. The van der Waals surface area contributed by atoms with Gasteiger partial charge in [0.05, 0.1) is 11.4 Å². The molecule has 3 N–H and O–H groups in total. The summed E-state index contributed by atoms with van der Waals surface area (Å²) in [6.45, 7) is 1.50. The molecule has 0 atom stereocenters. The molecular formula is C23H20N4O. The number of anilines is 1. The van der Waals surface area contributed by atoms with Crippen molar-refractivity contribution in [2.75, 3.05) is 5.32 Å². The predicted molar refractivity (Wildman–Crippen MR) is 115 cm³/mol. The Morgan fingerprint density at radius 3 is 2.54 bits per heavy atom. The molecular weight excluding hydrogens is 348 g/mol. The first kappa shape index (κ1) is 17.5. The third-order valence-electron chi connectivity index (χ3n) is 4.33. The number of nitrogens with one attached hydrogen (secondary N) is 3. The van der Waals surface area contributed by atoms with E-state index in [1.807, 2.05) is 60.8 Å². The average Bonchev–Trinajstić information content (AvgIpc) is 3.34. The minimum absolute atomic E-state index is 0.0749. The van der Waals surface area contributed by atoms with Gasteiger partial charge < -0.3 is 10.3 Å². The van der Waals surface area contributed by atoms with Crippen LogP contribution in [0.1, 0.15) is 29.4 Å². The van der Waals surface area contributed by atoms with Crippen LogP contribution in [-0.2, 0) is 4.79 Å². The number of hydrogen-bond acceptors (Lipinski definition) is 2. The number of benzene rings is 2. The zero-order valence-electron chi connectivity index (χ0n) is 15.4. The number of nitrogens with zero attached hydrogens (tertiary/aromatic N) is 1. The number of carbonyl (C=O) groups excluding carboxylic acids is 1. The number of hydrogen-bond donors (Lipinski definition) is 3. The molecule has 5 heteroatoms. The van der Waals surface area contributed by atoms with Crippen LogP contribution in [0.25, 0.3) is 35.2 Å². The zero-order valence-corrected chi connectivity index (χ0v) is 15.4. The Kier molecular flexibility index (Phi) is 4.89. The lowest BCUT2D eigenvalue weighted by molar-refractivity contribution is -0.114. The van der Waals surface area contributed by atoms with Crippen LogP contribution in [-0.4, -0.2) is 21.1 Å². The second-order valence-electron chi connectivity index (χ2n) is 6.54. The lowest BCUT2D eigenvalue weighted by atomic mass is 10.1. The Hall–Kier alpha value is -3.86. The average molecular weight is 368 g/mol. The fourth-order valence-corrected chi connectivity index (χ4v) is 2.94. The van der Waals surface area contributed by atoms with E-state index in [0.29, 0.717) is 0 Å². The van der Waals surface area contributed by atoms with Crippen LogP contribution in [0.5, 0.6) is 0 Å². The lowest BCUT2D eigenvalue weighted by Crippen LogP contribution is -2.05. The molecule has 0 saturated carbocycles. The van der Waals surface area contributed by atoms with Gasteiger partial charge in [-0.2, -0.15) is 5.10 Å². The first-order valence-corrected chi connectivity index (χ1v) is 9.02. The van der Waals surface area contributed by atoms with Gasteiger partial charge in [-0.15, -0.1) is 0 Å². The molecule has 4 aromatic rings. The minimum Gasteiger partial charge on any atom is -0.361 e. The SMILES string of the molecule is CC(=O)Nc1ccc(/C=C/c2cc(/C=C/c3ccc4cc[nH]c4c3)n[nH]2)cc1. The topological polar surface area (TPSA) is 73.6 Å². The van der Waals surface area contributed by atoms with Crippen molar-refractivity contribution in [1.82, 2.24) is 15.2 Å². The second kappa shape index (κ2) is 7.80. The number of H-pyrrole nitrogens is 2. The van der Waals surface area contributed by atoms with Gasteiger partial charge in [-0.1, -0.05) is 36.4 Å². The third kappa shape index (κ3) is 4.27. The summed E-state index contributed by atoms with van der Waals surface area (Å²) in [5, 5.41) is 11.3. The second-order valence-corrected chi connectivity index (χ2v) is 6.54. The maximum atomic E-state index is 11.1. The van der Waals surface area contributed by atoms with Gasteiger partial charge in [0, 0.05) is 24.3 Å². The van der Waals surface area contributed by atoms with E-state index in [0.717, 1.165) is 33.7 Å². The molecule has 4 rings (SSSR count). The summed E-state index contributed by atoms with van der Waals surface area (Å²) < 4.78 is 0. The van der Waals surface area contributed by atoms with Crippen LogP contribution in [0.4, 0.5) is 5.69 Å². The van der Waals surface area contributed by atoms with Gasteiger partial charge in [-0.3, -0.25) is 9.89 Å². The molecule has 138 valence electrons. The molecule has 0 radical (unpaired) electrons. The summed E-state index contributed by atoms with van der Waals surface area (Å²) in [6.07, 6.45) is 9.95. The normalized spacial score (nSPS) is 11.6. The summed E-state index contributed by atoms with van der Waals surface area (Å²) in [4.78, 5) is 14.3. The largest absolute Gasteiger partial charge is 0.361 e. The molecule has 0 unspecified atom stereocenters. The molecule has 2 aromatic carbocycles. The summed E-state index contributed by atoms with van der Waals surface area (Å²) >= 11 is 0. The zero-order chi connectivity index (χ0) is 19.3. The van der Waals surface area contributed by atoms with E-state index in [4.69, 9.17) is 0 Å². The van der Waals surface area contributed by atoms with E-state index in [1.54, 1.807) is 0 Å². The highest BCUT2D eigenvalue weighted by atomic mass is 16.1. The van der Waals surface area contributed by atoms with E-state index >= 15 is 0 Å². The quantitative estimate of drug-likeness (QED) is 0.453. The highest BCUT2D eigenvalue weighted by Gasteiger charge is 1.98. The van der Waals surface area contributed by atoms with E-state index < -0.39 is 0 Å². The van der Waals surface area contributed by atoms with Crippen molar-refractivity contribution in [3.63, 3.8) is 0 Å². The standard InChI is InChI=1S/C23H20N4O/c1-16(28)25-20-8-3-17(4-9-20)5-10-21-15-22(27-26-21)11-6-18-2-7-19-12-13-24-23(19)14-18/h2-15,24H,1H3,(H,25,28)(H,26,27)/b10-5+,11-6+. The summed E-state index contributed by atoms with van der Waals surface area (Å²) in [5.41, 5.74) is 5.86. The van der Waals surface area contributed by atoms with Gasteiger partial charge in [-0.05, 0) is 59.0 Å². The summed E-state index contributed by atoms with van der Waals surface area (Å²) in [7, 11) is 0. The van der Waals surface area contributed by atoms with Crippen LogP contribution in [0.2, 0.25) is 0 Å². The fraction of sp³-hybridized carbons (Fsp3) is 0.0435. The van der Waals surface area contributed by atoms with E-state index in [1.165, 1.54) is 12.3 Å². The molecule has 0 aliphatic rings. The van der Waals surface area contributed by atoms with E-state index in [-0.39, 0.29) is 5.91 Å².